The number of esters is 1. The maximum absolute atomic E-state index is 12.6. The lowest BCUT2D eigenvalue weighted by atomic mass is 9.82. The number of ether oxygens (including phenoxy) is 1. The van der Waals surface area contributed by atoms with Gasteiger partial charge in [0.05, 0.1) is 6.61 Å². The quantitative estimate of drug-likeness (QED) is 0.794. The molecule has 4 heteroatoms. The van der Waals surface area contributed by atoms with Crippen LogP contribution in [0.3, 0.4) is 0 Å². The van der Waals surface area contributed by atoms with E-state index in [2.05, 4.69) is 10.2 Å². The zero-order valence-electron chi connectivity index (χ0n) is 12.2. The fourth-order valence-electron chi connectivity index (χ4n) is 3.50. The van der Waals surface area contributed by atoms with E-state index in [1.807, 2.05) is 6.92 Å². The van der Waals surface area contributed by atoms with Crippen LogP contribution in [0.25, 0.3) is 0 Å². The Morgan fingerprint density at radius 3 is 2.26 bits per heavy atom. The molecule has 110 valence electrons. The summed E-state index contributed by atoms with van der Waals surface area (Å²) in [6.45, 7) is 6.32. The summed E-state index contributed by atoms with van der Waals surface area (Å²) in [6.07, 6.45) is 8.10. The van der Waals surface area contributed by atoms with E-state index in [4.69, 9.17) is 4.74 Å². The van der Waals surface area contributed by atoms with Gasteiger partial charge in [0.2, 0.25) is 0 Å². The van der Waals surface area contributed by atoms with Crippen LogP contribution in [-0.4, -0.2) is 49.2 Å². The second-order valence-electron chi connectivity index (χ2n) is 5.76. The first-order valence-corrected chi connectivity index (χ1v) is 7.92. The van der Waals surface area contributed by atoms with Crippen molar-refractivity contribution in [2.45, 2.75) is 57.4 Å². The summed E-state index contributed by atoms with van der Waals surface area (Å²) in [6, 6.07) is 0. The molecule has 0 spiro atoms. The number of nitrogens with one attached hydrogen (secondary N) is 1. The molecule has 0 aromatic rings. The van der Waals surface area contributed by atoms with Crippen molar-refractivity contribution in [2.24, 2.45) is 0 Å². The molecule has 1 aliphatic heterocycles. The smallest absolute Gasteiger partial charge is 0.326 e. The molecule has 0 aromatic carbocycles. The molecule has 4 nitrogen and oxygen atoms in total. The third kappa shape index (κ3) is 3.48. The molecule has 0 aromatic heterocycles. The second-order valence-corrected chi connectivity index (χ2v) is 5.76. The van der Waals surface area contributed by atoms with Crippen LogP contribution in [0.5, 0.6) is 0 Å². The van der Waals surface area contributed by atoms with Gasteiger partial charge in [-0.2, -0.15) is 0 Å². The minimum Gasteiger partial charge on any atom is -0.465 e. The number of carbonyl (C=O) groups is 1. The largest absolute Gasteiger partial charge is 0.465 e. The zero-order valence-corrected chi connectivity index (χ0v) is 12.2. The first-order chi connectivity index (χ1) is 9.29. The van der Waals surface area contributed by atoms with Crippen molar-refractivity contribution in [1.29, 1.82) is 0 Å². The molecular formula is C15H28N2O2. The lowest BCUT2D eigenvalue weighted by Gasteiger charge is -2.44. The highest BCUT2D eigenvalue weighted by molar-refractivity contribution is 5.81. The van der Waals surface area contributed by atoms with Gasteiger partial charge in [-0.1, -0.05) is 32.1 Å². The van der Waals surface area contributed by atoms with E-state index >= 15 is 0 Å². The van der Waals surface area contributed by atoms with E-state index in [9.17, 15) is 4.79 Å². The van der Waals surface area contributed by atoms with Crippen molar-refractivity contribution in [3.63, 3.8) is 0 Å². The van der Waals surface area contributed by atoms with Crippen molar-refractivity contribution in [3.8, 4) is 0 Å². The first kappa shape index (κ1) is 14.8. The van der Waals surface area contributed by atoms with Gasteiger partial charge in [-0.25, -0.2) is 0 Å². The molecule has 0 amide bonds. The summed E-state index contributed by atoms with van der Waals surface area (Å²) in [4.78, 5) is 15.0. The minimum atomic E-state index is -0.335. The minimum absolute atomic E-state index is 0.0267. The molecule has 2 fully saturated rings. The van der Waals surface area contributed by atoms with Crippen molar-refractivity contribution in [2.75, 3.05) is 32.8 Å². The molecule has 19 heavy (non-hydrogen) atoms. The van der Waals surface area contributed by atoms with Crippen LogP contribution in [0.4, 0.5) is 0 Å². The van der Waals surface area contributed by atoms with Crippen LogP contribution in [0, 0.1) is 0 Å². The van der Waals surface area contributed by atoms with Gasteiger partial charge >= 0.3 is 5.97 Å². The second kappa shape index (κ2) is 7.25. The predicted molar refractivity (Wildman–Crippen MR) is 76.1 cm³/mol. The van der Waals surface area contributed by atoms with Crippen LogP contribution in [0.1, 0.15) is 51.9 Å². The number of rotatable bonds is 3. The Kier molecular flexibility index (Phi) is 5.64. The van der Waals surface area contributed by atoms with Gasteiger partial charge in [0.25, 0.3) is 0 Å². The third-order valence-corrected chi connectivity index (χ3v) is 4.56. The van der Waals surface area contributed by atoms with E-state index in [0.717, 1.165) is 51.9 Å². The average Bonchev–Trinajstić information content (AvgIpc) is 2.40. The van der Waals surface area contributed by atoms with Crippen LogP contribution in [0.15, 0.2) is 0 Å². The van der Waals surface area contributed by atoms with Crippen LogP contribution >= 0.6 is 0 Å². The Labute approximate surface area is 116 Å². The van der Waals surface area contributed by atoms with E-state index in [1.165, 1.54) is 19.3 Å². The summed E-state index contributed by atoms with van der Waals surface area (Å²) >= 11 is 0. The molecule has 2 rings (SSSR count). The highest BCUT2D eigenvalue weighted by Gasteiger charge is 2.44. The van der Waals surface area contributed by atoms with Crippen LogP contribution in [-0.2, 0) is 9.53 Å². The van der Waals surface area contributed by atoms with Crippen LogP contribution in [0.2, 0.25) is 0 Å². The number of carbonyl (C=O) groups excluding carboxylic acids is 1. The van der Waals surface area contributed by atoms with Crippen molar-refractivity contribution >= 4 is 5.97 Å². The molecule has 0 atom stereocenters. The average molecular weight is 268 g/mol. The molecule has 1 heterocycles. The fraction of sp³-hybridized carbons (Fsp3) is 0.933. The van der Waals surface area contributed by atoms with Gasteiger partial charge in [0.1, 0.15) is 5.54 Å². The van der Waals surface area contributed by atoms with Gasteiger partial charge in [-0.05, 0) is 19.8 Å². The molecular weight excluding hydrogens is 240 g/mol. The number of piperazine rings is 1. The Morgan fingerprint density at radius 2 is 1.68 bits per heavy atom. The third-order valence-electron chi connectivity index (χ3n) is 4.56. The SMILES string of the molecule is CCOC(=O)C1(N2CCNCC2)CCCCCCC1. The standard InChI is InChI=1S/C15H28N2O2/c1-2-19-14(18)15(17-12-10-16-11-13-17)8-6-4-3-5-7-9-15/h16H,2-13H2,1H3. The highest BCUT2D eigenvalue weighted by atomic mass is 16.5. The number of hydrogen-bond acceptors (Lipinski definition) is 4. The zero-order chi connectivity index (χ0) is 13.6. The maximum Gasteiger partial charge on any atom is 0.326 e. The Morgan fingerprint density at radius 1 is 1.11 bits per heavy atom. The van der Waals surface area contributed by atoms with E-state index in [-0.39, 0.29) is 11.5 Å². The predicted octanol–water partition coefficient (Wildman–Crippen LogP) is 1.94. The summed E-state index contributed by atoms with van der Waals surface area (Å²) < 4.78 is 5.43. The molecule has 1 aliphatic carbocycles. The van der Waals surface area contributed by atoms with Crippen molar-refractivity contribution in [3.05, 3.63) is 0 Å². The monoisotopic (exact) mass is 268 g/mol. The molecule has 1 saturated carbocycles. The maximum atomic E-state index is 12.6. The molecule has 1 saturated heterocycles. The summed E-state index contributed by atoms with van der Waals surface area (Å²) in [7, 11) is 0. The fourth-order valence-corrected chi connectivity index (χ4v) is 3.50. The lowest BCUT2D eigenvalue weighted by Crippen LogP contribution is -2.60. The van der Waals surface area contributed by atoms with Gasteiger partial charge in [0.15, 0.2) is 0 Å². The van der Waals surface area contributed by atoms with Gasteiger partial charge < -0.3 is 10.1 Å². The van der Waals surface area contributed by atoms with Crippen LogP contribution < -0.4 is 5.32 Å². The topological polar surface area (TPSA) is 41.6 Å². The van der Waals surface area contributed by atoms with E-state index < -0.39 is 0 Å². The first-order valence-electron chi connectivity index (χ1n) is 7.92. The van der Waals surface area contributed by atoms with E-state index in [0.29, 0.717) is 6.61 Å². The molecule has 0 unspecified atom stereocenters. The molecule has 1 N–H and O–H groups in total. The summed E-state index contributed by atoms with van der Waals surface area (Å²) in [5.41, 5.74) is -0.335. The summed E-state index contributed by atoms with van der Waals surface area (Å²) in [5, 5.41) is 3.38. The number of nitrogens with zero attached hydrogens (tertiary/aromatic N) is 1. The van der Waals surface area contributed by atoms with Crippen molar-refractivity contribution < 1.29 is 9.53 Å². The van der Waals surface area contributed by atoms with Crippen molar-refractivity contribution in [1.82, 2.24) is 10.2 Å². The molecule has 2 aliphatic rings. The van der Waals surface area contributed by atoms with Gasteiger partial charge in [-0.15, -0.1) is 0 Å². The molecule has 0 bridgehead atoms. The molecule has 0 radical (unpaired) electrons. The Balaban J connectivity index is 2.15. The normalized spacial score (nSPS) is 25.3. The van der Waals surface area contributed by atoms with Gasteiger partial charge in [-0.3, -0.25) is 9.69 Å². The Hall–Kier alpha value is -0.610. The lowest BCUT2D eigenvalue weighted by molar-refractivity contribution is -0.160. The van der Waals surface area contributed by atoms with E-state index in [1.54, 1.807) is 0 Å². The van der Waals surface area contributed by atoms with Gasteiger partial charge in [0, 0.05) is 26.2 Å². The Bertz CT molecular complexity index is 280. The number of hydrogen-bond donors (Lipinski definition) is 1. The highest BCUT2D eigenvalue weighted by Crippen LogP contribution is 2.33. The summed E-state index contributed by atoms with van der Waals surface area (Å²) in [5.74, 6) is 0.0267.